The standard InChI is InChI=1S/C19H22O7/c1-6(2)11-9-7(5-8(20)24-11)18(3)14-12(10(9)21)26-17(23)19(14,4)15(22)13-16(18)25-13/h5-6,10,12-16,21-22H,1-4H3/t10-,12-,13?,14-,15-,16+,18-,19-/m1/s1. The maximum atomic E-state index is 12.7. The minimum absolute atomic E-state index is 0.124. The molecule has 7 nitrogen and oxygen atoms in total. The number of ether oxygens (including phenoxy) is 2. The summed E-state index contributed by atoms with van der Waals surface area (Å²) in [6.45, 7) is 7.38. The molecular formula is C19H22O7. The summed E-state index contributed by atoms with van der Waals surface area (Å²) < 4.78 is 16.8. The summed E-state index contributed by atoms with van der Waals surface area (Å²) in [5, 5.41) is 21.8. The van der Waals surface area contributed by atoms with Gasteiger partial charge in [0.25, 0.3) is 0 Å². The van der Waals surface area contributed by atoms with E-state index in [1.165, 1.54) is 6.07 Å². The van der Waals surface area contributed by atoms with E-state index in [1.54, 1.807) is 6.92 Å². The minimum Gasteiger partial charge on any atom is -0.458 e. The van der Waals surface area contributed by atoms with Crippen LogP contribution < -0.4 is 5.63 Å². The van der Waals surface area contributed by atoms with Crippen molar-refractivity contribution in [2.45, 2.75) is 69.5 Å². The van der Waals surface area contributed by atoms with E-state index in [-0.39, 0.29) is 12.0 Å². The molecule has 3 heterocycles. The lowest BCUT2D eigenvalue weighted by Gasteiger charge is -2.51. The van der Waals surface area contributed by atoms with Crippen LogP contribution in [0.1, 0.15) is 56.6 Å². The largest absolute Gasteiger partial charge is 0.458 e. The van der Waals surface area contributed by atoms with Crippen LogP contribution in [0.15, 0.2) is 15.3 Å². The molecule has 140 valence electrons. The first kappa shape index (κ1) is 16.5. The number of aliphatic hydroxyl groups is 2. The van der Waals surface area contributed by atoms with Gasteiger partial charge in [-0.3, -0.25) is 4.79 Å². The van der Waals surface area contributed by atoms with Crippen LogP contribution in [0.5, 0.6) is 0 Å². The summed E-state index contributed by atoms with van der Waals surface area (Å²) in [6, 6.07) is 1.40. The molecule has 0 amide bonds. The predicted molar refractivity (Wildman–Crippen MR) is 87.5 cm³/mol. The first-order valence-electron chi connectivity index (χ1n) is 9.04. The number of hydrogen-bond acceptors (Lipinski definition) is 7. The lowest BCUT2D eigenvalue weighted by Crippen LogP contribution is -2.62. The van der Waals surface area contributed by atoms with Crippen LogP contribution in [0, 0.1) is 11.3 Å². The lowest BCUT2D eigenvalue weighted by atomic mass is 9.48. The van der Waals surface area contributed by atoms with Crippen molar-refractivity contribution in [1.29, 1.82) is 0 Å². The highest BCUT2D eigenvalue weighted by atomic mass is 16.6. The lowest BCUT2D eigenvalue weighted by molar-refractivity contribution is -0.156. The fourth-order valence-electron chi connectivity index (χ4n) is 5.85. The molecule has 5 rings (SSSR count). The van der Waals surface area contributed by atoms with E-state index < -0.39 is 52.8 Å². The monoisotopic (exact) mass is 362 g/mol. The minimum atomic E-state index is -1.19. The van der Waals surface area contributed by atoms with Gasteiger partial charge in [0.15, 0.2) is 0 Å². The number of aliphatic hydroxyl groups excluding tert-OH is 2. The zero-order valence-electron chi connectivity index (χ0n) is 15.1. The Morgan fingerprint density at radius 2 is 1.81 bits per heavy atom. The van der Waals surface area contributed by atoms with Gasteiger partial charge < -0.3 is 24.1 Å². The normalized spacial score (nSPS) is 47.9. The Labute approximate surface area is 149 Å². The van der Waals surface area contributed by atoms with Crippen molar-refractivity contribution in [3.05, 3.63) is 33.4 Å². The third-order valence-electron chi connectivity index (χ3n) is 7.09. The Morgan fingerprint density at radius 3 is 2.46 bits per heavy atom. The number of carbonyl (C=O) groups excluding carboxylic acids is 1. The summed E-state index contributed by atoms with van der Waals surface area (Å²) in [5.74, 6) is -0.739. The Bertz CT molecular complexity index is 888. The van der Waals surface area contributed by atoms with Crippen molar-refractivity contribution >= 4 is 5.97 Å². The van der Waals surface area contributed by atoms with Crippen LogP contribution in [-0.4, -0.2) is 40.6 Å². The zero-order valence-corrected chi connectivity index (χ0v) is 15.1. The van der Waals surface area contributed by atoms with Crippen molar-refractivity contribution in [3.63, 3.8) is 0 Å². The number of rotatable bonds is 1. The van der Waals surface area contributed by atoms with Crippen molar-refractivity contribution in [2.75, 3.05) is 0 Å². The van der Waals surface area contributed by atoms with Gasteiger partial charge in [0.05, 0.1) is 12.2 Å². The molecule has 0 spiro atoms. The van der Waals surface area contributed by atoms with Gasteiger partial charge in [-0.1, -0.05) is 20.8 Å². The van der Waals surface area contributed by atoms with E-state index in [0.29, 0.717) is 16.9 Å². The van der Waals surface area contributed by atoms with Gasteiger partial charge in [0, 0.05) is 28.9 Å². The highest BCUT2D eigenvalue weighted by molar-refractivity contribution is 5.82. The molecule has 0 radical (unpaired) electrons. The Balaban J connectivity index is 1.85. The molecule has 4 aliphatic rings. The molecule has 2 saturated heterocycles. The summed E-state index contributed by atoms with van der Waals surface area (Å²) in [7, 11) is 0. The van der Waals surface area contributed by atoms with Gasteiger partial charge in [0.1, 0.15) is 29.5 Å². The van der Waals surface area contributed by atoms with E-state index in [1.807, 2.05) is 20.8 Å². The van der Waals surface area contributed by atoms with Crippen molar-refractivity contribution in [3.8, 4) is 0 Å². The molecule has 0 bridgehead atoms. The zero-order chi connectivity index (χ0) is 18.8. The van der Waals surface area contributed by atoms with Crippen molar-refractivity contribution < 1.29 is 28.9 Å². The average molecular weight is 362 g/mol. The van der Waals surface area contributed by atoms with Crippen molar-refractivity contribution in [1.82, 2.24) is 0 Å². The summed E-state index contributed by atoms with van der Waals surface area (Å²) >= 11 is 0. The molecule has 3 fully saturated rings. The fraction of sp³-hybridized carbons (Fsp3) is 0.684. The third kappa shape index (κ3) is 1.57. The highest BCUT2D eigenvalue weighted by Gasteiger charge is 2.79. The average Bonchev–Trinajstić information content (AvgIpc) is 3.33. The van der Waals surface area contributed by atoms with E-state index in [4.69, 9.17) is 13.9 Å². The van der Waals surface area contributed by atoms with E-state index in [9.17, 15) is 19.8 Å². The van der Waals surface area contributed by atoms with Gasteiger partial charge >= 0.3 is 11.6 Å². The summed E-state index contributed by atoms with van der Waals surface area (Å²) in [6.07, 6.45) is -3.74. The molecule has 2 aliphatic carbocycles. The Morgan fingerprint density at radius 1 is 1.12 bits per heavy atom. The van der Waals surface area contributed by atoms with Gasteiger partial charge in [-0.05, 0) is 12.5 Å². The van der Waals surface area contributed by atoms with Crippen molar-refractivity contribution in [2.24, 2.45) is 11.3 Å². The van der Waals surface area contributed by atoms with E-state index >= 15 is 0 Å². The smallest absolute Gasteiger partial charge is 0.336 e. The number of epoxide rings is 1. The first-order valence-corrected chi connectivity index (χ1v) is 9.04. The molecule has 1 aromatic rings. The fourth-order valence-corrected chi connectivity index (χ4v) is 5.85. The Kier molecular flexibility index (Phi) is 2.90. The third-order valence-corrected chi connectivity index (χ3v) is 7.09. The van der Waals surface area contributed by atoms with Gasteiger partial charge in [0.2, 0.25) is 0 Å². The quantitative estimate of drug-likeness (QED) is 0.560. The molecule has 1 saturated carbocycles. The summed E-state index contributed by atoms with van der Waals surface area (Å²) in [4.78, 5) is 25.0. The SMILES string of the molecule is CC(C)c1oc(=O)cc2c1[C@@H](O)[C@H]1OC(=O)[C@@]3(C)[C@H](O)C4O[C@@H]4[C@@]2(C)[C@@H]13. The van der Waals surface area contributed by atoms with Crippen LogP contribution >= 0.6 is 0 Å². The second kappa shape index (κ2) is 4.58. The molecule has 7 heteroatoms. The second-order valence-corrected chi connectivity index (χ2v) is 8.74. The van der Waals surface area contributed by atoms with E-state index in [2.05, 4.69) is 0 Å². The number of carbonyl (C=O) groups is 1. The summed E-state index contributed by atoms with van der Waals surface area (Å²) in [5.41, 5.74) is -1.25. The molecule has 2 N–H and O–H groups in total. The first-order chi connectivity index (χ1) is 12.1. The molecule has 1 aromatic heterocycles. The number of fused-ring (bicyclic) bond motifs is 4. The molecule has 26 heavy (non-hydrogen) atoms. The topological polar surface area (TPSA) is 110 Å². The molecule has 8 atom stereocenters. The predicted octanol–water partition coefficient (Wildman–Crippen LogP) is 0.758. The van der Waals surface area contributed by atoms with Gasteiger partial charge in [-0.2, -0.15) is 0 Å². The van der Waals surface area contributed by atoms with Gasteiger partial charge in [-0.15, -0.1) is 0 Å². The molecular weight excluding hydrogens is 340 g/mol. The number of esters is 1. The molecule has 0 aromatic carbocycles. The van der Waals surface area contributed by atoms with Crippen LogP contribution in [0.2, 0.25) is 0 Å². The van der Waals surface area contributed by atoms with Crippen LogP contribution in [0.4, 0.5) is 0 Å². The van der Waals surface area contributed by atoms with Crippen LogP contribution in [-0.2, 0) is 19.7 Å². The maximum absolute atomic E-state index is 12.7. The Hall–Kier alpha value is -1.70. The van der Waals surface area contributed by atoms with E-state index in [0.717, 1.165) is 0 Å². The highest BCUT2D eigenvalue weighted by Crippen LogP contribution is 2.68. The molecule has 1 unspecified atom stereocenters. The van der Waals surface area contributed by atoms with Crippen LogP contribution in [0.3, 0.4) is 0 Å². The molecule has 2 aliphatic heterocycles. The van der Waals surface area contributed by atoms with Crippen LogP contribution in [0.25, 0.3) is 0 Å². The second-order valence-electron chi connectivity index (χ2n) is 8.74. The maximum Gasteiger partial charge on any atom is 0.336 e. The number of hydrogen-bond donors (Lipinski definition) is 2. The van der Waals surface area contributed by atoms with Gasteiger partial charge in [-0.25, -0.2) is 4.79 Å².